The van der Waals surface area contributed by atoms with Crippen LogP contribution in [-0.2, 0) is 0 Å². The molecule has 0 saturated heterocycles. The Kier molecular flexibility index (Phi) is 7.21. The Balaban J connectivity index is 1.44. The topological polar surface area (TPSA) is 50.1 Å². The van der Waals surface area contributed by atoms with Crippen LogP contribution < -0.4 is 4.74 Å². The fourth-order valence-electron chi connectivity index (χ4n) is 4.83. The largest absolute Gasteiger partial charge is 0.423 e. The highest BCUT2D eigenvalue weighted by Gasteiger charge is 2.31. The van der Waals surface area contributed by atoms with E-state index in [0.29, 0.717) is 17.9 Å². The third-order valence-electron chi connectivity index (χ3n) is 6.74. The van der Waals surface area contributed by atoms with Gasteiger partial charge in [0.2, 0.25) is 0 Å². The number of carbonyl (C=O) groups is 1. The molecule has 3 aromatic carbocycles. The van der Waals surface area contributed by atoms with Crippen molar-refractivity contribution in [2.75, 3.05) is 0 Å². The molecule has 6 heteroatoms. The van der Waals surface area contributed by atoms with Gasteiger partial charge in [-0.3, -0.25) is 0 Å². The summed E-state index contributed by atoms with van der Waals surface area (Å²) in [6.45, 7) is 2.15. The normalized spacial score (nSPS) is 20.1. The van der Waals surface area contributed by atoms with Crippen molar-refractivity contribution in [1.29, 1.82) is 5.26 Å². The average molecular weight is 466 g/mol. The van der Waals surface area contributed by atoms with E-state index < -0.39 is 29.3 Å². The maximum Gasteiger partial charge on any atom is 0.343 e. The van der Waals surface area contributed by atoms with Crippen molar-refractivity contribution in [2.24, 2.45) is 5.92 Å². The van der Waals surface area contributed by atoms with Gasteiger partial charge in [-0.25, -0.2) is 18.0 Å². The first-order valence-corrected chi connectivity index (χ1v) is 11.7. The second-order valence-corrected chi connectivity index (χ2v) is 9.00. The number of fused-ring (bicyclic) bond motifs is 1. The predicted octanol–water partition coefficient (Wildman–Crippen LogP) is 7.62. The van der Waals surface area contributed by atoms with E-state index in [0.717, 1.165) is 43.7 Å². The van der Waals surface area contributed by atoms with Crippen LogP contribution in [0.5, 0.6) is 5.75 Å². The minimum Gasteiger partial charge on any atom is -0.423 e. The van der Waals surface area contributed by atoms with Crippen molar-refractivity contribution in [3.05, 3.63) is 76.9 Å². The van der Waals surface area contributed by atoms with Crippen molar-refractivity contribution in [3.8, 4) is 11.8 Å². The number of halogens is 3. The van der Waals surface area contributed by atoms with Crippen LogP contribution in [-0.4, -0.2) is 12.1 Å². The molecule has 4 rings (SSSR count). The third-order valence-corrected chi connectivity index (χ3v) is 6.74. The average Bonchev–Trinajstić information content (AvgIpc) is 2.83. The number of rotatable bonds is 6. The lowest BCUT2D eigenvalue weighted by atomic mass is 9.76. The van der Waals surface area contributed by atoms with E-state index in [1.807, 2.05) is 0 Å². The van der Waals surface area contributed by atoms with E-state index in [2.05, 4.69) is 6.92 Å². The second-order valence-electron chi connectivity index (χ2n) is 9.00. The van der Waals surface area contributed by atoms with Gasteiger partial charge in [-0.15, -0.1) is 0 Å². The first-order valence-electron chi connectivity index (χ1n) is 11.7. The Morgan fingerprint density at radius 1 is 1.12 bits per heavy atom. The fraction of sp³-hybridized carbons (Fsp3) is 0.357. The molecule has 0 aliphatic heterocycles. The number of nitrogens with zero attached hydrogens (tertiary/aromatic N) is 1. The second kappa shape index (κ2) is 10.3. The standard InChI is InChI=1S/C28H26F3NO2/c1-2-3-4-17-5-11-22(25(29)13-17)18-6-8-19(9-7-18)28(33)34-21-10-12-23-20(14-21)15-26(30)24(16-32)27(23)31/h6-10,12,14-15,17,22,25H,2-5,11,13H2,1H3. The highest BCUT2D eigenvalue weighted by molar-refractivity contribution is 5.92. The molecule has 0 spiro atoms. The van der Waals surface area contributed by atoms with Gasteiger partial charge < -0.3 is 4.74 Å². The third kappa shape index (κ3) is 4.94. The molecule has 1 aliphatic carbocycles. The maximum absolute atomic E-state index is 14.8. The number of alkyl halides is 1. The minimum absolute atomic E-state index is 0.0623. The van der Waals surface area contributed by atoms with Crippen molar-refractivity contribution in [2.45, 2.75) is 57.5 Å². The Bertz CT molecular complexity index is 1230. The zero-order valence-corrected chi connectivity index (χ0v) is 19.0. The van der Waals surface area contributed by atoms with Crippen LogP contribution in [0.15, 0.2) is 48.5 Å². The number of hydrogen-bond donors (Lipinski definition) is 0. The van der Waals surface area contributed by atoms with Crippen molar-refractivity contribution in [3.63, 3.8) is 0 Å². The number of esters is 1. The van der Waals surface area contributed by atoms with Crippen LogP contribution in [0.25, 0.3) is 10.8 Å². The summed E-state index contributed by atoms with van der Waals surface area (Å²) in [7, 11) is 0. The number of unbranched alkanes of at least 4 members (excludes halogenated alkanes) is 1. The van der Waals surface area contributed by atoms with Gasteiger partial charge in [0.1, 0.15) is 29.4 Å². The van der Waals surface area contributed by atoms with Gasteiger partial charge in [-0.05, 0) is 72.5 Å². The Morgan fingerprint density at radius 3 is 2.56 bits per heavy atom. The number of hydrogen-bond acceptors (Lipinski definition) is 3. The van der Waals surface area contributed by atoms with E-state index in [1.54, 1.807) is 24.3 Å². The lowest BCUT2D eigenvalue weighted by Gasteiger charge is -2.32. The van der Waals surface area contributed by atoms with Crippen LogP contribution >= 0.6 is 0 Å². The molecule has 0 amide bonds. The van der Waals surface area contributed by atoms with E-state index in [-0.39, 0.29) is 22.4 Å². The molecule has 1 saturated carbocycles. The lowest BCUT2D eigenvalue weighted by molar-refractivity contribution is 0.0735. The van der Waals surface area contributed by atoms with Gasteiger partial charge in [-0.1, -0.05) is 38.3 Å². The van der Waals surface area contributed by atoms with Crippen LogP contribution in [0, 0.1) is 28.9 Å². The number of nitriles is 1. The molecular weight excluding hydrogens is 439 g/mol. The summed E-state index contributed by atoms with van der Waals surface area (Å²) in [5.74, 6) is -2.13. The zero-order valence-electron chi connectivity index (χ0n) is 19.0. The summed E-state index contributed by atoms with van der Waals surface area (Å²) in [5, 5.41) is 9.14. The summed E-state index contributed by atoms with van der Waals surface area (Å²) < 4.78 is 48.4. The van der Waals surface area contributed by atoms with Gasteiger partial charge in [0, 0.05) is 11.3 Å². The summed E-state index contributed by atoms with van der Waals surface area (Å²) >= 11 is 0. The summed E-state index contributed by atoms with van der Waals surface area (Å²) in [5.41, 5.74) is 0.526. The smallest absolute Gasteiger partial charge is 0.343 e. The van der Waals surface area contributed by atoms with Crippen LogP contribution in [0.1, 0.15) is 72.9 Å². The zero-order chi connectivity index (χ0) is 24.2. The monoisotopic (exact) mass is 465 g/mol. The summed E-state index contributed by atoms with van der Waals surface area (Å²) in [6, 6.07) is 13.4. The summed E-state index contributed by atoms with van der Waals surface area (Å²) in [4.78, 5) is 12.6. The number of carbonyl (C=O) groups excluding carboxylic acids is 1. The molecular formula is C28H26F3NO2. The maximum atomic E-state index is 14.8. The molecule has 176 valence electrons. The van der Waals surface area contributed by atoms with E-state index >= 15 is 0 Å². The van der Waals surface area contributed by atoms with Crippen LogP contribution in [0.3, 0.4) is 0 Å². The molecule has 3 aromatic rings. The fourth-order valence-corrected chi connectivity index (χ4v) is 4.83. The molecule has 3 unspecified atom stereocenters. The lowest BCUT2D eigenvalue weighted by Crippen LogP contribution is -2.24. The molecule has 1 aliphatic rings. The molecule has 34 heavy (non-hydrogen) atoms. The van der Waals surface area contributed by atoms with Crippen LogP contribution in [0.2, 0.25) is 0 Å². The quantitative estimate of drug-likeness (QED) is 0.278. The molecule has 0 radical (unpaired) electrons. The van der Waals surface area contributed by atoms with Crippen molar-refractivity contribution in [1.82, 2.24) is 0 Å². The SMILES string of the molecule is CCCCC1CCC(c2ccc(C(=O)Oc3ccc4c(F)c(C#N)c(F)cc4c3)cc2)C(F)C1. The van der Waals surface area contributed by atoms with Crippen molar-refractivity contribution < 1.29 is 22.7 Å². The minimum atomic E-state index is -0.975. The molecule has 0 N–H and O–H groups in total. The van der Waals surface area contributed by atoms with E-state index in [4.69, 9.17) is 10.00 Å². The van der Waals surface area contributed by atoms with Gasteiger partial charge in [0.15, 0.2) is 5.82 Å². The van der Waals surface area contributed by atoms with Crippen molar-refractivity contribution >= 4 is 16.7 Å². The van der Waals surface area contributed by atoms with Gasteiger partial charge >= 0.3 is 5.97 Å². The first kappa shape index (κ1) is 23.8. The highest BCUT2D eigenvalue weighted by Crippen LogP contribution is 2.39. The Labute approximate surface area is 197 Å². The van der Waals surface area contributed by atoms with Crippen LogP contribution in [0.4, 0.5) is 13.2 Å². The molecule has 3 nitrogen and oxygen atoms in total. The molecule has 0 bridgehead atoms. The summed E-state index contributed by atoms with van der Waals surface area (Å²) in [6.07, 6.45) is 4.89. The Morgan fingerprint density at radius 2 is 1.88 bits per heavy atom. The first-order chi connectivity index (χ1) is 16.4. The Hall–Kier alpha value is -3.33. The van der Waals surface area contributed by atoms with E-state index in [1.165, 1.54) is 24.3 Å². The predicted molar refractivity (Wildman–Crippen MR) is 124 cm³/mol. The van der Waals surface area contributed by atoms with Gasteiger partial charge in [-0.2, -0.15) is 5.26 Å². The molecule has 3 atom stereocenters. The molecule has 1 fully saturated rings. The van der Waals surface area contributed by atoms with Gasteiger partial charge in [0.25, 0.3) is 0 Å². The molecule has 0 heterocycles. The molecule has 0 aromatic heterocycles. The number of benzene rings is 3. The highest BCUT2D eigenvalue weighted by atomic mass is 19.1. The van der Waals surface area contributed by atoms with E-state index in [9.17, 15) is 18.0 Å². The van der Waals surface area contributed by atoms with Gasteiger partial charge in [0.05, 0.1) is 5.56 Å². The number of ether oxygens (including phenoxy) is 1.